The molecule has 4 aliphatic carbocycles. The van der Waals surface area contributed by atoms with E-state index in [1.165, 1.54) is 62.7 Å². The van der Waals surface area contributed by atoms with Gasteiger partial charge in [0.05, 0.1) is 22.4 Å². The second-order valence-corrected chi connectivity index (χ2v) is 20.0. The molecule has 1 spiro atoms. The van der Waals surface area contributed by atoms with Crippen molar-refractivity contribution in [2.75, 3.05) is 49.5 Å². The zero-order chi connectivity index (χ0) is 40.8. The van der Waals surface area contributed by atoms with Crippen LogP contribution in [-0.2, 0) is 4.74 Å². The minimum absolute atomic E-state index is 0.0198. The maximum absolute atomic E-state index is 12.8. The van der Waals surface area contributed by atoms with Crippen LogP contribution in [0, 0.1) is 34.0 Å². The summed E-state index contributed by atoms with van der Waals surface area (Å²) in [7, 11) is 0. The molecule has 58 heavy (non-hydrogen) atoms. The maximum atomic E-state index is 12.8. The van der Waals surface area contributed by atoms with Gasteiger partial charge in [0.15, 0.2) is 10.8 Å². The molecule has 6 aliphatic rings. The van der Waals surface area contributed by atoms with Gasteiger partial charge in [0.1, 0.15) is 17.5 Å². The van der Waals surface area contributed by atoms with Crippen LogP contribution in [-0.4, -0.2) is 77.1 Å². The van der Waals surface area contributed by atoms with Gasteiger partial charge >= 0.3 is 5.97 Å². The topological polar surface area (TPSA) is 179 Å². The Hall–Kier alpha value is -4.46. The zero-order valence-corrected chi connectivity index (χ0v) is 35.5. The van der Waals surface area contributed by atoms with Gasteiger partial charge in [-0.2, -0.15) is 0 Å². The summed E-state index contributed by atoms with van der Waals surface area (Å²) in [6.07, 6.45) is 11.2. The summed E-state index contributed by atoms with van der Waals surface area (Å²) in [6, 6.07) is 9.76. The molecule has 2 atom stereocenters. The maximum Gasteiger partial charge on any atom is 0.355 e. The Kier molecular flexibility index (Phi) is 9.29. The molecule has 4 saturated carbocycles. The second-order valence-electron chi connectivity index (χ2n) is 19.0. The number of pyridine rings is 1. The van der Waals surface area contributed by atoms with Crippen molar-refractivity contribution in [3.05, 3.63) is 75.6 Å². The van der Waals surface area contributed by atoms with Crippen LogP contribution >= 0.6 is 11.3 Å². The van der Waals surface area contributed by atoms with Gasteiger partial charge < -0.3 is 47.2 Å². The number of aromatic nitrogens is 2. The molecule has 1 saturated heterocycles. The van der Waals surface area contributed by atoms with Crippen molar-refractivity contribution in [2.24, 2.45) is 33.1 Å². The number of carboxylic acids is 1. The number of hydrogen-bond acceptors (Lipinski definition) is 12. The van der Waals surface area contributed by atoms with Gasteiger partial charge in [-0.25, -0.2) is 14.8 Å². The smallest absolute Gasteiger partial charge is 0.355 e. The molecule has 9 rings (SSSR count). The summed E-state index contributed by atoms with van der Waals surface area (Å²) < 4.78 is 7.99. The molecule has 5 fully saturated rings. The van der Waals surface area contributed by atoms with Crippen LogP contribution in [0.4, 0.5) is 10.9 Å². The van der Waals surface area contributed by atoms with Gasteiger partial charge in [-0.1, -0.05) is 31.3 Å². The number of ether oxygens (including phenoxy) is 1. The van der Waals surface area contributed by atoms with E-state index in [-0.39, 0.29) is 33.0 Å². The molecular weight excluding hydrogens is 747 g/mol. The van der Waals surface area contributed by atoms with E-state index in [1.54, 1.807) is 6.07 Å². The minimum atomic E-state index is -1.15. The molecule has 0 amide bonds. The largest absolute Gasteiger partial charge is 0.476 e. The zero-order valence-electron chi connectivity index (χ0n) is 34.7. The first-order valence-electron chi connectivity index (χ1n) is 21.1. The monoisotopic (exact) mass is 805 g/mol. The molecular formula is C45H59N9O3S. The number of anilines is 2. The summed E-state index contributed by atoms with van der Waals surface area (Å²) in [5.41, 5.74) is 19.7. The summed E-state index contributed by atoms with van der Waals surface area (Å²) in [4.78, 5) is 26.7. The van der Waals surface area contributed by atoms with Crippen molar-refractivity contribution in [1.29, 1.82) is 5.41 Å². The van der Waals surface area contributed by atoms with E-state index in [0.29, 0.717) is 40.3 Å². The third kappa shape index (κ3) is 5.81. The Bertz CT molecular complexity index is 2280. The number of likely N-dealkylation sites (tertiary alicyclic amines) is 1. The van der Waals surface area contributed by atoms with Crippen molar-refractivity contribution in [3.63, 3.8) is 0 Å². The van der Waals surface area contributed by atoms with E-state index in [4.69, 9.17) is 26.6 Å². The van der Waals surface area contributed by atoms with Crippen LogP contribution in [0.1, 0.15) is 107 Å². The van der Waals surface area contributed by atoms with Crippen molar-refractivity contribution in [3.8, 4) is 0 Å². The van der Waals surface area contributed by atoms with Crippen LogP contribution in [0.15, 0.2) is 58.8 Å². The number of nitrogens with one attached hydrogen (secondary N) is 3. The second kappa shape index (κ2) is 13.8. The fraction of sp³-hybridized carbons (Fsp3) is 0.556. The molecule has 308 valence electrons. The standard InChI is InChI=1S/C45H59N9O3S/c1-27-10-12-34-33(19-27)50-40(58-34)52-37(47)28(2)30-9-8-16-54(38(30)48)35-13-11-31(36(51-35)39(55)56)32(20-46)29(3)49-26-43-21-41(4)23-44(57-18-17-53-14-6-7-15-53)24-42(5,22-43)45(41,44)25-43/h10-13,19-20,46,49H,6-9,14-18,21-26,47-48H2,1-5H3,(H,50,52)(H,55,56)/b32-29+,37-28+,46-20?. The first kappa shape index (κ1) is 39.0. The molecule has 2 unspecified atom stereocenters. The first-order valence-corrected chi connectivity index (χ1v) is 21.9. The lowest BCUT2D eigenvalue weighted by molar-refractivity contribution is -0.397. The van der Waals surface area contributed by atoms with Gasteiger partial charge in [0.2, 0.25) is 0 Å². The van der Waals surface area contributed by atoms with E-state index in [9.17, 15) is 9.90 Å². The van der Waals surface area contributed by atoms with Crippen LogP contribution in [0.3, 0.4) is 0 Å². The normalized spacial score (nSPS) is 32.1. The number of rotatable bonds is 14. The predicted octanol–water partition coefficient (Wildman–Crippen LogP) is 7.58. The Balaban J connectivity index is 0.920. The van der Waals surface area contributed by atoms with Gasteiger partial charge in [0.25, 0.3) is 0 Å². The lowest BCUT2D eigenvalue weighted by Gasteiger charge is -2.82. The number of aromatic carboxylic acids is 1. The lowest BCUT2D eigenvalue weighted by atomic mass is 9.25. The predicted molar refractivity (Wildman–Crippen MR) is 232 cm³/mol. The lowest BCUT2D eigenvalue weighted by Crippen LogP contribution is -2.82. The van der Waals surface area contributed by atoms with Gasteiger partial charge in [0, 0.05) is 48.1 Å². The highest BCUT2D eigenvalue weighted by atomic mass is 32.1. The number of nitrogens with two attached hydrogens (primary N) is 2. The van der Waals surface area contributed by atoms with Gasteiger partial charge in [-0.15, -0.1) is 0 Å². The number of nitrogens with zero attached hydrogens (tertiary/aromatic N) is 4. The summed E-state index contributed by atoms with van der Waals surface area (Å²) >= 11 is 1.54. The third-order valence-electron chi connectivity index (χ3n) is 15.3. The molecule has 3 aromatic rings. The van der Waals surface area contributed by atoms with E-state index >= 15 is 0 Å². The van der Waals surface area contributed by atoms with Crippen LogP contribution in [0.2, 0.25) is 0 Å². The summed E-state index contributed by atoms with van der Waals surface area (Å²) in [5, 5.41) is 26.7. The number of benzene rings is 1. The number of fused-ring (bicyclic) bond motifs is 2. The quantitative estimate of drug-likeness (QED) is 0.0885. The molecule has 2 bridgehead atoms. The first-order chi connectivity index (χ1) is 27.6. The molecule has 13 heteroatoms. The van der Waals surface area contributed by atoms with Gasteiger partial charge in [-0.3, -0.25) is 0 Å². The number of carbonyl (C=O) groups is 1. The molecule has 2 aromatic heterocycles. The van der Waals surface area contributed by atoms with Crippen molar-refractivity contribution < 1.29 is 14.6 Å². The Morgan fingerprint density at radius 1 is 1.03 bits per heavy atom. The average Bonchev–Trinajstić information content (AvgIpc) is 3.94. The third-order valence-corrected chi connectivity index (χ3v) is 16.3. The van der Waals surface area contributed by atoms with E-state index in [1.807, 2.05) is 31.7 Å². The number of thiazole rings is 1. The van der Waals surface area contributed by atoms with Crippen LogP contribution in [0.5, 0.6) is 0 Å². The number of hydrogen-bond donors (Lipinski definition) is 6. The molecule has 2 aliphatic heterocycles. The fourth-order valence-corrected chi connectivity index (χ4v) is 14.3. The molecule has 12 nitrogen and oxygen atoms in total. The summed E-state index contributed by atoms with van der Waals surface area (Å²) in [5.74, 6) is 0.246. The van der Waals surface area contributed by atoms with Gasteiger partial charge in [-0.05, 0) is 149 Å². The Morgan fingerprint density at radius 2 is 1.78 bits per heavy atom. The molecule has 0 radical (unpaired) electrons. The highest BCUT2D eigenvalue weighted by Crippen LogP contribution is 2.95. The SMILES string of the molecule is C/C(NCC12CC3(C)CC4(OCCN5CCCC5)CC(C)(C1)C34C2)=C(/C=N)c1ccc(N2CCCC(/C(C)=C(\N)Nc3nc4cc(C)ccc4s3)=C2N)nc1C(=O)O. The average molecular weight is 806 g/mol. The van der Waals surface area contributed by atoms with E-state index < -0.39 is 5.97 Å². The number of allylic oxidation sites excluding steroid dienone is 4. The Labute approximate surface area is 345 Å². The molecule has 1 aromatic carbocycles. The van der Waals surface area contributed by atoms with Crippen molar-refractivity contribution >= 4 is 50.3 Å². The fourth-order valence-electron chi connectivity index (χ4n) is 13.4. The van der Waals surface area contributed by atoms with Crippen molar-refractivity contribution in [2.45, 2.75) is 98.0 Å². The van der Waals surface area contributed by atoms with Crippen molar-refractivity contribution in [1.82, 2.24) is 20.2 Å². The van der Waals surface area contributed by atoms with E-state index in [2.05, 4.69) is 52.6 Å². The highest BCUT2D eigenvalue weighted by Gasteiger charge is 2.93. The van der Waals surface area contributed by atoms with E-state index in [0.717, 1.165) is 78.0 Å². The van der Waals surface area contributed by atoms with Crippen LogP contribution in [0.25, 0.3) is 15.8 Å². The van der Waals surface area contributed by atoms with Crippen LogP contribution < -0.4 is 27.0 Å². The Morgan fingerprint density at radius 3 is 2.48 bits per heavy atom. The molecule has 4 heterocycles. The highest BCUT2D eigenvalue weighted by molar-refractivity contribution is 7.22. The summed E-state index contributed by atoms with van der Waals surface area (Å²) in [6.45, 7) is 16.6. The molecule has 8 N–H and O–H groups in total. The number of carboxylic acid groups (broad SMARTS) is 1. The number of aryl methyl sites for hydroxylation is 1. The minimum Gasteiger partial charge on any atom is -0.476 e.